The number of fused-ring (bicyclic) bond motifs is 1. The van der Waals surface area contributed by atoms with Gasteiger partial charge in [-0.15, -0.1) is 0 Å². The molecular weight excluding hydrogens is 389 g/mol. The molecule has 0 saturated carbocycles. The van der Waals surface area contributed by atoms with Gasteiger partial charge in [-0.25, -0.2) is 14.0 Å². The molecule has 0 unspecified atom stereocenters. The molecule has 1 aliphatic rings. The molecule has 30 heavy (non-hydrogen) atoms. The smallest absolute Gasteiger partial charge is 0.326 e. The van der Waals surface area contributed by atoms with Gasteiger partial charge in [-0.1, -0.05) is 12.1 Å². The third kappa shape index (κ3) is 4.35. The van der Waals surface area contributed by atoms with Crippen LogP contribution in [-0.2, 0) is 11.3 Å². The first-order valence-electron chi connectivity index (χ1n) is 9.78. The van der Waals surface area contributed by atoms with Gasteiger partial charge in [0.1, 0.15) is 12.4 Å². The zero-order chi connectivity index (χ0) is 21.1. The summed E-state index contributed by atoms with van der Waals surface area (Å²) in [4.78, 5) is 41.4. The highest BCUT2D eigenvalue weighted by atomic mass is 19.1. The van der Waals surface area contributed by atoms with Crippen molar-refractivity contribution in [1.29, 1.82) is 0 Å². The molecule has 3 aromatic rings. The normalized spacial score (nSPS) is 14.6. The van der Waals surface area contributed by atoms with Crippen molar-refractivity contribution < 1.29 is 14.0 Å². The van der Waals surface area contributed by atoms with Crippen LogP contribution in [0.5, 0.6) is 0 Å². The van der Waals surface area contributed by atoms with E-state index in [1.165, 1.54) is 28.8 Å². The average molecular weight is 411 g/mol. The second kappa shape index (κ2) is 8.40. The summed E-state index contributed by atoms with van der Waals surface area (Å²) >= 11 is 0. The zero-order valence-electron chi connectivity index (χ0n) is 16.2. The van der Waals surface area contributed by atoms with Crippen LogP contribution < -0.4 is 16.3 Å². The number of imidazole rings is 1. The van der Waals surface area contributed by atoms with Crippen LogP contribution in [0.2, 0.25) is 0 Å². The predicted molar refractivity (Wildman–Crippen MR) is 111 cm³/mol. The Morgan fingerprint density at radius 1 is 1.07 bits per heavy atom. The summed E-state index contributed by atoms with van der Waals surface area (Å²) in [6, 6.07) is 12.4. The first-order valence-corrected chi connectivity index (χ1v) is 9.78. The van der Waals surface area contributed by atoms with Gasteiger partial charge in [0.15, 0.2) is 0 Å². The van der Waals surface area contributed by atoms with E-state index in [0.717, 1.165) is 0 Å². The molecule has 9 heteroatoms. The third-order valence-electron chi connectivity index (χ3n) is 5.26. The Morgan fingerprint density at radius 3 is 2.50 bits per heavy atom. The molecule has 3 amide bonds. The number of carbonyl (C=O) groups excluding carboxylic acids is 2. The molecule has 156 valence electrons. The Morgan fingerprint density at radius 2 is 1.77 bits per heavy atom. The molecule has 0 bridgehead atoms. The highest BCUT2D eigenvalue weighted by molar-refractivity contribution is 5.89. The first-order chi connectivity index (χ1) is 14.5. The number of urea groups is 1. The summed E-state index contributed by atoms with van der Waals surface area (Å²) in [6.45, 7) is 0.973. The van der Waals surface area contributed by atoms with Crippen LogP contribution in [0, 0.1) is 5.82 Å². The van der Waals surface area contributed by atoms with Crippen molar-refractivity contribution >= 4 is 28.7 Å². The van der Waals surface area contributed by atoms with Gasteiger partial charge in [0.05, 0.1) is 11.0 Å². The van der Waals surface area contributed by atoms with Gasteiger partial charge in [0.2, 0.25) is 5.91 Å². The molecule has 1 fully saturated rings. The monoisotopic (exact) mass is 411 g/mol. The Labute approximate surface area is 171 Å². The number of aromatic amines is 1. The Kier molecular flexibility index (Phi) is 5.51. The Hall–Kier alpha value is -3.62. The van der Waals surface area contributed by atoms with E-state index in [1.807, 2.05) is 12.1 Å². The van der Waals surface area contributed by atoms with Gasteiger partial charge in [-0.05, 0) is 49.2 Å². The molecule has 1 aliphatic heterocycles. The number of benzene rings is 2. The number of anilines is 1. The van der Waals surface area contributed by atoms with Crippen LogP contribution in [0.4, 0.5) is 14.9 Å². The largest absolute Gasteiger partial charge is 0.341 e. The third-order valence-corrected chi connectivity index (χ3v) is 5.26. The maximum atomic E-state index is 12.9. The number of nitrogens with zero attached hydrogens (tertiary/aromatic N) is 2. The van der Waals surface area contributed by atoms with Gasteiger partial charge in [-0.2, -0.15) is 0 Å². The standard InChI is InChI=1S/C21H22FN5O3/c22-14-5-7-15(8-6-14)23-20(29)24-16-9-11-26(12-10-16)19(28)13-27-18-4-2-1-3-17(18)25-21(27)30/h1-8,16H,9-13H2,(H,25,30)(H2,23,24,29). The second-order valence-electron chi connectivity index (χ2n) is 7.29. The summed E-state index contributed by atoms with van der Waals surface area (Å²) in [6.07, 6.45) is 1.23. The number of nitrogens with one attached hydrogen (secondary N) is 3. The fraction of sp³-hybridized carbons (Fsp3) is 0.286. The second-order valence-corrected chi connectivity index (χ2v) is 7.29. The molecule has 0 spiro atoms. The number of carbonyl (C=O) groups is 2. The van der Waals surface area contributed by atoms with Crippen molar-refractivity contribution in [2.75, 3.05) is 18.4 Å². The van der Waals surface area contributed by atoms with E-state index in [-0.39, 0.29) is 36.0 Å². The Balaban J connectivity index is 1.29. The number of amides is 3. The summed E-state index contributed by atoms with van der Waals surface area (Å²) < 4.78 is 14.4. The summed E-state index contributed by atoms with van der Waals surface area (Å²) in [7, 11) is 0. The molecule has 1 saturated heterocycles. The van der Waals surface area contributed by atoms with Crippen molar-refractivity contribution in [2.45, 2.75) is 25.4 Å². The molecular formula is C21H22FN5O3. The van der Waals surface area contributed by atoms with E-state index in [4.69, 9.17) is 0 Å². The first kappa shape index (κ1) is 19.7. The molecule has 3 N–H and O–H groups in total. The minimum atomic E-state index is -0.368. The zero-order valence-corrected chi connectivity index (χ0v) is 16.2. The number of halogens is 1. The number of hydrogen-bond acceptors (Lipinski definition) is 3. The van der Waals surface area contributed by atoms with Crippen LogP contribution in [0.25, 0.3) is 11.0 Å². The molecule has 2 aromatic carbocycles. The highest BCUT2D eigenvalue weighted by Gasteiger charge is 2.24. The van der Waals surface area contributed by atoms with Crippen LogP contribution in [0.15, 0.2) is 53.3 Å². The average Bonchev–Trinajstić information content (AvgIpc) is 3.05. The lowest BCUT2D eigenvalue weighted by Crippen LogP contribution is -2.48. The minimum Gasteiger partial charge on any atom is -0.341 e. The number of para-hydroxylation sites is 2. The summed E-state index contributed by atoms with van der Waals surface area (Å²) in [5.41, 5.74) is 1.60. The molecule has 1 aromatic heterocycles. The van der Waals surface area contributed by atoms with Crippen LogP contribution in [0.1, 0.15) is 12.8 Å². The maximum Gasteiger partial charge on any atom is 0.326 e. The lowest BCUT2D eigenvalue weighted by Gasteiger charge is -2.32. The SMILES string of the molecule is O=C(Nc1ccc(F)cc1)NC1CCN(C(=O)Cn2c(=O)[nH]c3ccccc32)CC1. The minimum absolute atomic E-state index is 0.0218. The molecule has 2 heterocycles. The molecule has 0 radical (unpaired) electrons. The number of rotatable bonds is 4. The highest BCUT2D eigenvalue weighted by Crippen LogP contribution is 2.14. The lowest BCUT2D eigenvalue weighted by molar-refractivity contribution is -0.132. The molecule has 0 aliphatic carbocycles. The summed E-state index contributed by atoms with van der Waals surface area (Å²) in [5, 5.41) is 5.54. The van der Waals surface area contributed by atoms with E-state index < -0.39 is 0 Å². The fourth-order valence-electron chi connectivity index (χ4n) is 3.66. The van der Waals surface area contributed by atoms with E-state index in [2.05, 4.69) is 15.6 Å². The van der Waals surface area contributed by atoms with Gasteiger partial charge >= 0.3 is 11.7 Å². The van der Waals surface area contributed by atoms with E-state index in [1.54, 1.807) is 17.0 Å². The topological polar surface area (TPSA) is 99.2 Å². The van der Waals surface area contributed by atoms with Crippen molar-refractivity contribution in [2.24, 2.45) is 0 Å². The molecule has 8 nitrogen and oxygen atoms in total. The fourth-order valence-corrected chi connectivity index (χ4v) is 3.66. The number of hydrogen-bond donors (Lipinski definition) is 3. The van der Waals surface area contributed by atoms with Gasteiger partial charge < -0.3 is 20.5 Å². The van der Waals surface area contributed by atoms with Crippen molar-refractivity contribution in [3.8, 4) is 0 Å². The van der Waals surface area contributed by atoms with Crippen molar-refractivity contribution in [3.63, 3.8) is 0 Å². The van der Waals surface area contributed by atoms with E-state index in [0.29, 0.717) is 42.7 Å². The van der Waals surface area contributed by atoms with Gasteiger partial charge in [0.25, 0.3) is 0 Å². The number of aromatic nitrogens is 2. The number of likely N-dealkylation sites (tertiary alicyclic amines) is 1. The van der Waals surface area contributed by atoms with E-state index >= 15 is 0 Å². The van der Waals surface area contributed by atoms with Crippen molar-refractivity contribution in [3.05, 3.63) is 64.8 Å². The van der Waals surface area contributed by atoms with Crippen LogP contribution in [0.3, 0.4) is 0 Å². The Bertz CT molecular complexity index is 1110. The molecule has 4 rings (SSSR count). The van der Waals surface area contributed by atoms with Crippen molar-refractivity contribution in [1.82, 2.24) is 19.8 Å². The van der Waals surface area contributed by atoms with Crippen LogP contribution in [-0.4, -0.2) is 45.5 Å². The maximum absolute atomic E-state index is 12.9. The molecule has 0 atom stereocenters. The number of H-pyrrole nitrogens is 1. The van der Waals surface area contributed by atoms with Gasteiger partial charge in [0, 0.05) is 24.8 Å². The summed E-state index contributed by atoms with van der Waals surface area (Å²) in [5.74, 6) is -0.496. The van der Waals surface area contributed by atoms with E-state index in [9.17, 15) is 18.8 Å². The van der Waals surface area contributed by atoms with Gasteiger partial charge in [-0.3, -0.25) is 9.36 Å². The van der Waals surface area contributed by atoms with Crippen LogP contribution >= 0.6 is 0 Å². The lowest BCUT2D eigenvalue weighted by atomic mass is 10.1. The predicted octanol–water partition coefficient (Wildman–Crippen LogP) is 2.28. The quantitative estimate of drug-likeness (QED) is 0.614. The number of piperidine rings is 1.